The van der Waals surface area contributed by atoms with Crippen LogP contribution in [0.2, 0.25) is 0 Å². The molecule has 1 aliphatic carbocycles. The number of ether oxygens (including phenoxy) is 1. The van der Waals surface area contributed by atoms with Gasteiger partial charge in [-0.25, -0.2) is 4.79 Å². The Morgan fingerprint density at radius 1 is 1.08 bits per heavy atom. The molecular weight excluding hydrogens is 328 g/mol. The lowest BCUT2D eigenvalue weighted by Gasteiger charge is -2.33. The Morgan fingerprint density at radius 3 is 2.23 bits per heavy atom. The SMILES string of the molecule is CC(C)(C)OC(=O)N1CCC(C(=O)NC(c2ccccc2)C2CC2)CC1. The summed E-state index contributed by atoms with van der Waals surface area (Å²) in [4.78, 5) is 26.6. The Hall–Kier alpha value is -2.04. The van der Waals surface area contributed by atoms with E-state index in [-0.39, 0.29) is 24.0 Å². The van der Waals surface area contributed by atoms with Crippen molar-refractivity contribution in [2.45, 2.75) is 58.1 Å². The minimum Gasteiger partial charge on any atom is -0.444 e. The molecule has 2 amide bonds. The average Bonchev–Trinajstić information content (AvgIpc) is 3.44. The van der Waals surface area contributed by atoms with E-state index < -0.39 is 5.60 Å². The first-order chi connectivity index (χ1) is 12.3. The van der Waals surface area contributed by atoms with Gasteiger partial charge in [-0.15, -0.1) is 0 Å². The van der Waals surface area contributed by atoms with Crippen LogP contribution in [0.15, 0.2) is 30.3 Å². The third-order valence-electron chi connectivity index (χ3n) is 5.07. The highest BCUT2D eigenvalue weighted by Crippen LogP contribution is 2.41. The van der Waals surface area contributed by atoms with Crippen LogP contribution in [-0.2, 0) is 9.53 Å². The molecule has 1 saturated heterocycles. The molecule has 26 heavy (non-hydrogen) atoms. The molecule has 5 heteroatoms. The van der Waals surface area contributed by atoms with Crippen molar-refractivity contribution in [1.29, 1.82) is 0 Å². The van der Waals surface area contributed by atoms with Gasteiger partial charge in [0.1, 0.15) is 5.60 Å². The molecule has 1 aliphatic heterocycles. The second-order valence-corrected chi connectivity index (χ2v) is 8.48. The number of carbonyl (C=O) groups is 2. The van der Waals surface area contributed by atoms with E-state index in [1.165, 1.54) is 18.4 Å². The first kappa shape index (κ1) is 18.7. The van der Waals surface area contributed by atoms with Crippen LogP contribution in [0, 0.1) is 11.8 Å². The minimum absolute atomic E-state index is 0.0290. The van der Waals surface area contributed by atoms with Gasteiger partial charge in [-0.1, -0.05) is 30.3 Å². The van der Waals surface area contributed by atoms with Crippen molar-refractivity contribution >= 4 is 12.0 Å². The lowest BCUT2D eigenvalue weighted by Crippen LogP contribution is -2.45. The Labute approximate surface area is 156 Å². The number of hydrogen-bond acceptors (Lipinski definition) is 3. The molecule has 1 heterocycles. The molecule has 2 aliphatic rings. The van der Waals surface area contributed by atoms with Gasteiger partial charge in [0.2, 0.25) is 5.91 Å². The van der Waals surface area contributed by atoms with E-state index in [4.69, 9.17) is 4.74 Å². The molecule has 3 rings (SSSR count). The van der Waals surface area contributed by atoms with E-state index in [1.807, 2.05) is 39.0 Å². The van der Waals surface area contributed by atoms with Crippen molar-refractivity contribution in [2.75, 3.05) is 13.1 Å². The third-order valence-corrected chi connectivity index (χ3v) is 5.07. The first-order valence-electron chi connectivity index (χ1n) is 9.67. The van der Waals surface area contributed by atoms with Gasteiger partial charge in [0.05, 0.1) is 6.04 Å². The van der Waals surface area contributed by atoms with Crippen LogP contribution < -0.4 is 5.32 Å². The summed E-state index contributed by atoms with van der Waals surface area (Å²) >= 11 is 0. The predicted molar refractivity (Wildman–Crippen MR) is 101 cm³/mol. The molecule has 5 nitrogen and oxygen atoms in total. The summed E-state index contributed by atoms with van der Waals surface area (Å²) in [7, 11) is 0. The number of hydrogen-bond donors (Lipinski definition) is 1. The van der Waals surface area contributed by atoms with Crippen molar-refractivity contribution in [3.63, 3.8) is 0 Å². The maximum absolute atomic E-state index is 12.8. The van der Waals surface area contributed by atoms with Gasteiger partial charge < -0.3 is 15.0 Å². The fourth-order valence-corrected chi connectivity index (χ4v) is 3.49. The van der Waals surface area contributed by atoms with Crippen molar-refractivity contribution in [3.8, 4) is 0 Å². The van der Waals surface area contributed by atoms with Crippen molar-refractivity contribution in [3.05, 3.63) is 35.9 Å². The summed E-state index contributed by atoms with van der Waals surface area (Å²) < 4.78 is 5.42. The zero-order valence-electron chi connectivity index (χ0n) is 16.0. The van der Waals surface area contributed by atoms with E-state index >= 15 is 0 Å². The zero-order valence-corrected chi connectivity index (χ0v) is 16.0. The van der Waals surface area contributed by atoms with Gasteiger partial charge in [-0.3, -0.25) is 4.79 Å². The Morgan fingerprint density at radius 2 is 1.69 bits per heavy atom. The molecule has 0 radical (unpaired) electrons. The summed E-state index contributed by atoms with van der Waals surface area (Å²) in [6, 6.07) is 10.4. The summed E-state index contributed by atoms with van der Waals surface area (Å²) in [6.07, 6.45) is 3.46. The number of piperidine rings is 1. The smallest absolute Gasteiger partial charge is 0.410 e. The summed E-state index contributed by atoms with van der Waals surface area (Å²) in [5.74, 6) is 0.649. The highest BCUT2D eigenvalue weighted by Gasteiger charge is 2.36. The Kier molecular flexibility index (Phi) is 5.54. The van der Waals surface area contributed by atoms with Gasteiger partial charge in [0.15, 0.2) is 0 Å². The second kappa shape index (κ2) is 7.68. The average molecular weight is 358 g/mol. The molecule has 2 fully saturated rings. The van der Waals surface area contributed by atoms with Crippen LogP contribution in [0.4, 0.5) is 4.79 Å². The fourth-order valence-electron chi connectivity index (χ4n) is 3.49. The van der Waals surface area contributed by atoms with Crippen molar-refractivity contribution < 1.29 is 14.3 Å². The molecule has 1 unspecified atom stereocenters. The highest BCUT2D eigenvalue weighted by molar-refractivity contribution is 5.79. The van der Waals surface area contributed by atoms with Crippen LogP contribution in [0.5, 0.6) is 0 Å². The lowest BCUT2D eigenvalue weighted by atomic mass is 9.94. The van der Waals surface area contributed by atoms with E-state index in [9.17, 15) is 9.59 Å². The minimum atomic E-state index is -0.488. The topological polar surface area (TPSA) is 58.6 Å². The maximum atomic E-state index is 12.8. The van der Waals surface area contributed by atoms with Crippen LogP contribution in [-0.4, -0.2) is 35.6 Å². The van der Waals surface area contributed by atoms with Gasteiger partial charge in [-0.2, -0.15) is 0 Å². The Bertz CT molecular complexity index is 626. The first-order valence-corrected chi connectivity index (χ1v) is 9.67. The second-order valence-electron chi connectivity index (χ2n) is 8.48. The van der Waals surface area contributed by atoms with Crippen LogP contribution in [0.1, 0.15) is 58.1 Å². The lowest BCUT2D eigenvalue weighted by molar-refractivity contribution is -0.127. The summed E-state index contributed by atoms with van der Waals surface area (Å²) in [6.45, 7) is 6.75. The largest absolute Gasteiger partial charge is 0.444 e. The van der Waals surface area contributed by atoms with E-state index in [0.29, 0.717) is 31.8 Å². The van der Waals surface area contributed by atoms with Crippen molar-refractivity contribution in [1.82, 2.24) is 10.2 Å². The van der Waals surface area contributed by atoms with Crippen LogP contribution >= 0.6 is 0 Å². The quantitative estimate of drug-likeness (QED) is 0.888. The van der Waals surface area contributed by atoms with Crippen molar-refractivity contribution in [2.24, 2.45) is 11.8 Å². The standard InChI is InChI=1S/C21H30N2O3/c1-21(2,3)26-20(25)23-13-11-17(12-14-23)19(24)22-18(16-9-10-16)15-7-5-4-6-8-15/h4-8,16-18H,9-14H2,1-3H3,(H,22,24). The number of nitrogens with zero attached hydrogens (tertiary/aromatic N) is 1. The van der Waals surface area contributed by atoms with Gasteiger partial charge in [-0.05, 0) is 57.9 Å². The fraction of sp³-hybridized carbons (Fsp3) is 0.619. The molecule has 1 atom stereocenters. The summed E-state index contributed by atoms with van der Waals surface area (Å²) in [5.41, 5.74) is 0.702. The van der Waals surface area contributed by atoms with Crippen LogP contribution in [0.25, 0.3) is 0 Å². The molecular formula is C21H30N2O3. The molecule has 1 aromatic rings. The number of amides is 2. The summed E-state index contributed by atoms with van der Waals surface area (Å²) in [5, 5.41) is 3.27. The molecule has 0 spiro atoms. The van der Waals surface area contributed by atoms with E-state index in [1.54, 1.807) is 4.90 Å². The number of likely N-dealkylation sites (tertiary alicyclic amines) is 1. The zero-order chi connectivity index (χ0) is 18.7. The molecule has 1 N–H and O–H groups in total. The molecule has 142 valence electrons. The Balaban J connectivity index is 1.52. The van der Waals surface area contributed by atoms with Gasteiger partial charge in [0.25, 0.3) is 0 Å². The number of nitrogens with one attached hydrogen (secondary N) is 1. The van der Waals surface area contributed by atoms with Gasteiger partial charge >= 0.3 is 6.09 Å². The van der Waals surface area contributed by atoms with E-state index in [2.05, 4.69) is 17.4 Å². The molecule has 0 bridgehead atoms. The highest BCUT2D eigenvalue weighted by atomic mass is 16.6. The molecule has 1 saturated carbocycles. The van der Waals surface area contributed by atoms with E-state index in [0.717, 1.165) is 0 Å². The molecule has 1 aromatic carbocycles. The number of carbonyl (C=O) groups excluding carboxylic acids is 2. The number of rotatable bonds is 4. The monoisotopic (exact) mass is 358 g/mol. The normalized spacial score (nSPS) is 19.7. The maximum Gasteiger partial charge on any atom is 0.410 e. The third kappa shape index (κ3) is 4.99. The van der Waals surface area contributed by atoms with Gasteiger partial charge in [0, 0.05) is 19.0 Å². The predicted octanol–water partition coefficient (Wildman–Crippen LogP) is 3.90. The molecule has 0 aromatic heterocycles. The number of benzene rings is 1. The van der Waals surface area contributed by atoms with Crippen LogP contribution in [0.3, 0.4) is 0 Å².